The smallest absolute Gasteiger partial charge is 0.261 e. The Hall–Kier alpha value is -2.66. The van der Waals surface area contributed by atoms with Gasteiger partial charge in [-0.3, -0.25) is 9.20 Å². The minimum atomic E-state index is -0.721. The summed E-state index contributed by atoms with van der Waals surface area (Å²) in [4.78, 5) is 16.7. The molecule has 3 aromatic rings. The SMILES string of the molecule is Cc1cc(C(C)O)c2nc(OCc3ccccc3)cc(=O)n2c1. The second kappa shape index (κ2) is 6.22. The number of benzene rings is 1. The Morgan fingerprint density at radius 2 is 2.00 bits per heavy atom. The van der Waals surface area contributed by atoms with E-state index in [1.54, 1.807) is 13.1 Å². The minimum Gasteiger partial charge on any atom is -0.473 e. The molecule has 0 saturated heterocycles. The Labute approximate surface area is 133 Å². The maximum Gasteiger partial charge on any atom is 0.261 e. The third-order valence-corrected chi connectivity index (χ3v) is 3.58. The second-order valence-corrected chi connectivity index (χ2v) is 5.55. The zero-order chi connectivity index (χ0) is 16.4. The van der Waals surface area contributed by atoms with Crippen LogP contribution in [0.5, 0.6) is 5.88 Å². The Kier molecular flexibility index (Phi) is 4.12. The molecule has 5 nitrogen and oxygen atoms in total. The molecule has 5 heteroatoms. The summed E-state index contributed by atoms with van der Waals surface area (Å²) in [6.45, 7) is 3.86. The van der Waals surface area contributed by atoms with E-state index in [9.17, 15) is 9.90 Å². The average molecular weight is 310 g/mol. The van der Waals surface area contributed by atoms with Crippen molar-refractivity contribution < 1.29 is 9.84 Å². The van der Waals surface area contributed by atoms with Crippen molar-refractivity contribution in [3.05, 3.63) is 75.7 Å². The molecular weight excluding hydrogens is 292 g/mol. The summed E-state index contributed by atoms with van der Waals surface area (Å²) in [7, 11) is 0. The maximum absolute atomic E-state index is 12.3. The lowest BCUT2D eigenvalue weighted by Gasteiger charge is -2.12. The van der Waals surface area contributed by atoms with Crippen molar-refractivity contribution in [2.75, 3.05) is 0 Å². The van der Waals surface area contributed by atoms with Crippen LogP contribution in [-0.2, 0) is 6.61 Å². The summed E-state index contributed by atoms with van der Waals surface area (Å²) in [5.74, 6) is 0.254. The number of ether oxygens (including phenoxy) is 1. The summed E-state index contributed by atoms with van der Waals surface area (Å²) >= 11 is 0. The van der Waals surface area contributed by atoms with Gasteiger partial charge in [-0.15, -0.1) is 0 Å². The van der Waals surface area contributed by atoms with Gasteiger partial charge >= 0.3 is 0 Å². The third kappa shape index (κ3) is 3.24. The standard InChI is InChI=1S/C18H18N2O3/c1-12-8-15(13(2)21)18-19-16(9-17(22)20(18)10-12)23-11-14-6-4-3-5-7-14/h3-10,13,21H,11H2,1-2H3. The van der Waals surface area contributed by atoms with E-state index in [4.69, 9.17) is 4.74 Å². The van der Waals surface area contributed by atoms with Gasteiger partial charge in [0, 0.05) is 11.8 Å². The van der Waals surface area contributed by atoms with Gasteiger partial charge in [-0.1, -0.05) is 30.3 Å². The number of fused-ring (bicyclic) bond motifs is 1. The molecule has 1 unspecified atom stereocenters. The molecule has 1 N–H and O–H groups in total. The van der Waals surface area contributed by atoms with Crippen LogP contribution in [-0.4, -0.2) is 14.5 Å². The number of aromatic nitrogens is 2. The first kappa shape index (κ1) is 15.2. The van der Waals surface area contributed by atoms with E-state index in [0.29, 0.717) is 17.8 Å². The number of aliphatic hydroxyl groups excluding tert-OH is 1. The van der Waals surface area contributed by atoms with Gasteiger partial charge in [-0.05, 0) is 31.0 Å². The first-order valence-electron chi connectivity index (χ1n) is 7.43. The molecule has 0 aliphatic heterocycles. The van der Waals surface area contributed by atoms with Crippen molar-refractivity contribution in [2.45, 2.75) is 26.6 Å². The zero-order valence-electron chi connectivity index (χ0n) is 13.1. The van der Waals surface area contributed by atoms with Crippen LogP contribution < -0.4 is 10.3 Å². The van der Waals surface area contributed by atoms with E-state index in [2.05, 4.69) is 4.98 Å². The van der Waals surface area contributed by atoms with Crippen LogP contribution in [0.3, 0.4) is 0 Å². The van der Waals surface area contributed by atoms with Gasteiger partial charge in [0.25, 0.3) is 5.56 Å². The predicted octanol–water partition coefficient (Wildman–Crippen LogP) is 2.64. The molecule has 0 bridgehead atoms. The van der Waals surface area contributed by atoms with Crippen LogP contribution in [0, 0.1) is 6.92 Å². The fourth-order valence-corrected chi connectivity index (χ4v) is 2.46. The van der Waals surface area contributed by atoms with E-state index in [1.807, 2.05) is 43.3 Å². The highest BCUT2D eigenvalue weighted by Gasteiger charge is 2.12. The first-order valence-corrected chi connectivity index (χ1v) is 7.43. The van der Waals surface area contributed by atoms with Crippen molar-refractivity contribution in [1.29, 1.82) is 0 Å². The molecule has 1 aromatic carbocycles. The van der Waals surface area contributed by atoms with Crippen molar-refractivity contribution in [3.63, 3.8) is 0 Å². The Balaban J connectivity index is 2.01. The lowest BCUT2D eigenvalue weighted by Crippen LogP contribution is -2.17. The Morgan fingerprint density at radius 1 is 1.26 bits per heavy atom. The number of pyridine rings is 1. The molecule has 2 heterocycles. The van der Waals surface area contributed by atoms with E-state index < -0.39 is 6.10 Å². The van der Waals surface area contributed by atoms with Crippen LogP contribution >= 0.6 is 0 Å². The summed E-state index contributed by atoms with van der Waals surface area (Å²) in [6, 6.07) is 12.9. The topological polar surface area (TPSA) is 63.8 Å². The molecular formula is C18H18N2O3. The van der Waals surface area contributed by atoms with Gasteiger partial charge in [-0.2, -0.15) is 4.98 Å². The molecule has 1 atom stereocenters. The highest BCUT2D eigenvalue weighted by atomic mass is 16.5. The van der Waals surface area contributed by atoms with E-state index in [0.717, 1.165) is 11.1 Å². The Bertz CT molecular complexity index is 886. The second-order valence-electron chi connectivity index (χ2n) is 5.55. The molecule has 0 aliphatic carbocycles. The van der Waals surface area contributed by atoms with Crippen LogP contribution in [0.2, 0.25) is 0 Å². The monoisotopic (exact) mass is 310 g/mol. The molecule has 118 valence electrons. The number of aryl methyl sites for hydroxylation is 1. The number of hydrogen-bond acceptors (Lipinski definition) is 4. The number of rotatable bonds is 4. The molecule has 0 amide bonds. The summed E-state index contributed by atoms with van der Waals surface area (Å²) in [5, 5.41) is 9.94. The molecule has 0 saturated carbocycles. The van der Waals surface area contributed by atoms with Crippen molar-refractivity contribution >= 4 is 5.65 Å². The largest absolute Gasteiger partial charge is 0.473 e. The number of hydrogen-bond donors (Lipinski definition) is 1. The molecule has 0 radical (unpaired) electrons. The highest BCUT2D eigenvalue weighted by Crippen LogP contribution is 2.20. The average Bonchev–Trinajstić information content (AvgIpc) is 2.54. The summed E-state index contributed by atoms with van der Waals surface area (Å²) in [5.41, 5.74) is 2.67. The number of nitrogens with zero attached hydrogens (tertiary/aromatic N) is 2. The quantitative estimate of drug-likeness (QED) is 0.804. The van der Waals surface area contributed by atoms with E-state index in [1.165, 1.54) is 10.5 Å². The molecule has 0 spiro atoms. The van der Waals surface area contributed by atoms with Crippen LogP contribution in [0.4, 0.5) is 0 Å². The van der Waals surface area contributed by atoms with Gasteiger partial charge in [0.2, 0.25) is 5.88 Å². The third-order valence-electron chi connectivity index (χ3n) is 3.58. The highest BCUT2D eigenvalue weighted by molar-refractivity contribution is 5.51. The Morgan fingerprint density at radius 3 is 2.70 bits per heavy atom. The predicted molar refractivity (Wildman–Crippen MR) is 87.6 cm³/mol. The van der Waals surface area contributed by atoms with Crippen LogP contribution in [0.1, 0.15) is 29.7 Å². The van der Waals surface area contributed by atoms with E-state index in [-0.39, 0.29) is 11.4 Å². The molecule has 3 rings (SSSR count). The van der Waals surface area contributed by atoms with Gasteiger partial charge in [0.05, 0.1) is 12.2 Å². The molecule has 2 aromatic heterocycles. The fourth-order valence-electron chi connectivity index (χ4n) is 2.46. The van der Waals surface area contributed by atoms with Crippen molar-refractivity contribution in [3.8, 4) is 5.88 Å². The lowest BCUT2D eigenvalue weighted by atomic mass is 10.1. The maximum atomic E-state index is 12.3. The fraction of sp³-hybridized carbons (Fsp3) is 0.222. The van der Waals surface area contributed by atoms with Gasteiger partial charge < -0.3 is 9.84 Å². The first-order chi connectivity index (χ1) is 11.0. The van der Waals surface area contributed by atoms with Crippen molar-refractivity contribution in [2.24, 2.45) is 0 Å². The zero-order valence-corrected chi connectivity index (χ0v) is 13.1. The summed E-state index contributed by atoms with van der Waals surface area (Å²) in [6.07, 6.45) is 0.985. The lowest BCUT2D eigenvalue weighted by molar-refractivity contribution is 0.200. The van der Waals surface area contributed by atoms with Crippen LogP contribution in [0.15, 0.2) is 53.5 Å². The molecule has 23 heavy (non-hydrogen) atoms. The normalized spacial score (nSPS) is 12.3. The van der Waals surface area contributed by atoms with Crippen molar-refractivity contribution in [1.82, 2.24) is 9.38 Å². The van der Waals surface area contributed by atoms with Gasteiger partial charge in [0.1, 0.15) is 12.3 Å². The minimum absolute atomic E-state index is 0.233. The number of aliphatic hydroxyl groups is 1. The molecule has 0 aliphatic rings. The molecule has 0 fully saturated rings. The van der Waals surface area contributed by atoms with Gasteiger partial charge in [0.15, 0.2) is 0 Å². The van der Waals surface area contributed by atoms with Crippen LogP contribution in [0.25, 0.3) is 5.65 Å². The summed E-state index contributed by atoms with van der Waals surface area (Å²) < 4.78 is 7.08. The van der Waals surface area contributed by atoms with Gasteiger partial charge in [-0.25, -0.2) is 0 Å². The van der Waals surface area contributed by atoms with E-state index >= 15 is 0 Å².